The number of pyridine rings is 1. The molecule has 0 aliphatic rings. The van der Waals surface area contributed by atoms with Crippen molar-refractivity contribution in [3.05, 3.63) is 89.9 Å². The quantitative estimate of drug-likeness (QED) is 0.531. The molecule has 0 saturated heterocycles. The first kappa shape index (κ1) is 16.2. The molecule has 2 aromatic heterocycles. The molecule has 2 aromatic carbocycles. The second-order valence-corrected chi connectivity index (χ2v) is 6.27. The van der Waals surface area contributed by atoms with Crippen molar-refractivity contribution in [2.45, 2.75) is 13.0 Å². The predicted octanol–water partition coefficient (Wildman–Crippen LogP) is 5.08. The minimum absolute atomic E-state index is 0.0227. The third kappa shape index (κ3) is 2.90. The van der Waals surface area contributed by atoms with Crippen LogP contribution in [0.4, 0.5) is 5.69 Å². The third-order valence-electron chi connectivity index (χ3n) is 4.68. The molecule has 0 radical (unpaired) electrons. The summed E-state index contributed by atoms with van der Waals surface area (Å²) in [4.78, 5) is 7.68. The van der Waals surface area contributed by atoms with E-state index in [0.29, 0.717) is 0 Å². The molecule has 2 heterocycles. The number of nitrogens with one attached hydrogen (secondary N) is 2. The highest BCUT2D eigenvalue weighted by Gasteiger charge is 2.21. The second kappa shape index (κ2) is 6.92. The van der Waals surface area contributed by atoms with Crippen LogP contribution in [0.25, 0.3) is 10.9 Å². The molecule has 0 amide bonds. The van der Waals surface area contributed by atoms with Gasteiger partial charge in [0.25, 0.3) is 0 Å². The van der Waals surface area contributed by atoms with E-state index in [4.69, 9.17) is 4.74 Å². The number of aryl methyl sites for hydroxylation is 1. The molecule has 0 aliphatic carbocycles. The Labute approximate surface area is 152 Å². The number of aromatic amines is 1. The molecule has 2 N–H and O–H groups in total. The molecule has 0 spiro atoms. The maximum atomic E-state index is 5.53. The van der Waals surface area contributed by atoms with Crippen LogP contribution in [0.2, 0.25) is 0 Å². The van der Waals surface area contributed by atoms with E-state index in [0.717, 1.165) is 28.2 Å². The lowest BCUT2D eigenvalue weighted by Crippen LogP contribution is -2.14. The number of hydrogen-bond acceptors (Lipinski definition) is 3. The summed E-state index contributed by atoms with van der Waals surface area (Å²) < 4.78 is 5.53. The number of aromatic nitrogens is 2. The molecule has 4 aromatic rings. The van der Waals surface area contributed by atoms with Gasteiger partial charge in [-0.2, -0.15) is 0 Å². The molecule has 4 nitrogen and oxygen atoms in total. The highest BCUT2D eigenvalue weighted by Crippen LogP contribution is 2.36. The topological polar surface area (TPSA) is 49.9 Å². The number of rotatable bonds is 5. The number of nitrogens with zero attached hydrogens (tertiary/aromatic N) is 1. The Morgan fingerprint density at radius 3 is 2.50 bits per heavy atom. The number of H-pyrrole nitrogens is 1. The molecule has 0 unspecified atom stereocenters. The minimum atomic E-state index is -0.0227. The van der Waals surface area contributed by atoms with Crippen LogP contribution in [0.5, 0.6) is 5.75 Å². The summed E-state index contributed by atoms with van der Waals surface area (Å²) in [5, 5.41) is 4.89. The van der Waals surface area contributed by atoms with Gasteiger partial charge in [-0.1, -0.05) is 30.3 Å². The van der Waals surface area contributed by atoms with Crippen molar-refractivity contribution < 1.29 is 4.74 Å². The maximum Gasteiger partial charge on any atom is 0.141 e. The Bertz CT molecular complexity index is 1020. The number of para-hydroxylation sites is 3. The summed E-state index contributed by atoms with van der Waals surface area (Å²) in [6.07, 6.45) is 3.66. The zero-order valence-electron chi connectivity index (χ0n) is 14.9. The Hall–Kier alpha value is -3.27. The first-order valence-corrected chi connectivity index (χ1v) is 8.64. The van der Waals surface area contributed by atoms with E-state index in [-0.39, 0.29) is 6.04 Å². The highest BCUT2D eigenvalue weighted by molar-refractivity contribution is 5.86. The van der Waals surface area contributed by atoms with Crippen LogP contribution in [0.3, 0.4) is 0 Å². The van der Waals surface area contributed by atoms with Crippen molar-refractivity contribution in [1.82, 2.24) is 9.97 Å². The second-order valence-electron chi connectivity index (χ2n) is 6.27. The molecule has 1 atom stereocenters. The third-order valence-corrected chi connectivity index (χ3v) is 4.68. The van der Waals surface area contributed by atoms with Gasteiger partial charge in [-0.3, -0.25) is 4.98 Å². The standard InChI is InChI=1S/C22H21N3O/c1-15-21(17-7-3-4-8-18(17)24-15)22(16-11-13-23-14-12-16)25-19-9-5-6-10-20(19)26-2/h3-14,22,24-25H,1-2H3/t22-/m0/s1. The number of benzene rings is 2. The lowest BCUT2D eigenvalue weighted by atomic mass is 9.96. The normalized spacial score (nSPS) is 12.1. The Balaban J connectivity index is 1.88. The molecule has 26 heavy (non-hydrogen) atoms. The molecule has 0 fully saturated rings. The summed E-state index contributed by atoms with van der Waals surface area (Å²) in [5.41, 5.74) is 5.63. The molecule has 0 aliphatic heterocycles. The summed E-state index contributed by atoms with van der Waals surface area (Å²) in [6, 6.07) is 20.5. The van der Waals surface area contributed by atoms with E-state index >= 15 is 0 Å². The molecular weight excluding hydrogens is 322 g/mol. The summed E-state index contributed by atoms with van der Waals surface area (Å²) in [5.74, 6) is 0.823. The number of fused-ring (bicyclic) bond motifs is 1. The van der Waals surface area contributed by atoms with Crippen LogP contribution in [0.1, 0.15) is 22.9 Å². The van der Waals surface area contributed by atoms with Gasteiger partial charge in [0.2, 0.25) is 0 Å². The SMILES string of the molecule is COc1ccccc1N[C@@H](c1ccncc1)c1c(C)[nH]c2ccccc12. The summed E-state index contributed by atoms with van der Waals surface area (Å²) in [7, 11) is 1.69. The predicted molar refractivity (Wildman–Crippen MR) is 106 cm³/mol. The van der Waals surface area contributed by atoms with E-state index < -0.39 is 0 Å². The van der Waals surface area contributed by atoms with Crippen LogP contribution >= 0.6 is 0 Å². The number of anilines is 1. The van der Waals surface area contributed by atoms with Crippen molar-refractivity contribution >= 4 is 16.6 Å². The Morgan fingerprint density at radius 2 is 1.69 bits per heavy atom. The zero-order chi connectivity index (χ0) is 17.9. The van der Waals surface area contributed by atoms with E-state index in [2.05, 4.69) is 46.5 Å². The van der Waals surface area contributed by atoms with Crippen molar-refractivity contribution in [3.63, 3.8) is 0 Å². The van der Waals surface area contributed by atoms with Crippen LogP contribution in [0, 0.1) is 6.92 Å². The van der Waals surface area contributed by atoms with Crippen molar-refractivity contribution in [1.29, 1.82) is 0 Å². The zero-order valence-corrected chi connectivity index (χ0v) is 14.9. The fourth-order valence-electron chi connectivity index (χ4n) is 3.47. The number of ether oxygens (including phenoxy) is 1. The van der Waals surface area contributed by atoms with Gasteiger partial charge >= 0.3 is 0 Å². The van der Waals surface area contributed by atoms with Crippen molar-refractivity contribution in [2.24, 2.45) is 0 Å². The molecular formula is C22H21N3O. The summed E-state index contributed by atoms with van der Waals surface area (Å²) >= 11 is 0. The summed E-state index contributed by atoms with van der Waals surface area (Å²) in [6.45, 7) is 2.12. The minimum Gasteiger partial charge on any atom is -0.495 e. The van der Waals surface area contributed by atoms with E-state index in [1.165, 1.54) is 10.9 Å². The smallest absolute Gasteiger partial charge is 0.141 e. The molecule has 130 valence electrons. The lowest BCUT2D eigenvalue weighted by Gasteiger charge is -2.22. The fraction of sp³-hybridized carbons (Fsp3) is 0.136. The van der Waals surface area contributed by atoms with E-state index in [1.54, 1.807) is 7.11 Å². The maximum absolute atomic E-state index is 5.53. The van der Waals surface area contributed by atoms with Gasteiger partial charge in [0.1, 0.15) is 5.75 Å². The highest BCUT2D eigenvalue weighted by atomic mass is 16.5. The van der Waals surface area contributed by atoms with Crippen LogP contribution < -0.4 is 10.1 Å². The van der Waals surface area contributed by atoms with E-state index in [9.17, 15) is 0 Å². The average molecular weight is 343 g/mol. The van der Waals surface area contributed by atoms with Gasteiger partial charge in [0, 0.05) is 34.6 Å². The van der Waals surface area contributed by atoms with Gasteiger partial charge < -0.3 is 15.0 Å². The average Bonchev–Trinajstić information content (AvgIpc) is 3.02. The van der Waals surface area contributed by atoms with Gasteiger partial charge in [0.15, 0.2) is 0 Å². The van der Waals surface area contributed by atoms with Gasteiger partial charge in [-0.05, 0) is 42.8 Å². The van der Waals surface area contributed by atoms with Crippen LogP contribution in [-0.4, -0.2) is 17.1 Å². The molecule has 0 saturated carbocycles. The monoisotopic (exact) mass is 343 g/mol. The molecule has 0 bridgehead atoms. The largest absolute Gasteiger partial charge is 0.495 e. The van der Waals surface area contributed by atoms with Crippen molar-refractivity contribution in [3.8, 4) is 5.75 Å². The Kier molecular flexibility index (Phi) is 4.32. The number of hydrogen-bond donors (Lipinski definition) is 2. The fourth-order valence-corrected chi connectivity index (χ4v) is 3.47. The molecule has 4 heteroatoms. The van der Waals surface area contributed by atoms with Gasteiger partial charge in [-0.25, -0.2) is 0 Å². The first-order chi connectivity index (χ1) is 12.8. The lowest BCUT2D eigenvalue weighted by molar-refractivity contribution is 0.416. The van der Waals surface area contributed by atoms with E-state index in [1.807, 2.05) is 48.8 Å². The van der Waals surface area contributed by atoms with Crippen LogP contribution in [-0.2, 0) is 0 Å². The molecule has 4 rings (SSSR count). The first-order valence-electron chi connectivity index (χ1n) is 8.64. The van der Waals surface area contributed by atoms with Crippen molar-refractivity contribution in [2.75, 3.05) is 12.4 Å². The Morgan fingerprint density at radius 1 is 0.962 bits per heavy atom. The van der Waals surface area contributed by atoms with Crippen LogP contribution in [0.15, 0.2) is 73.1 Å². The van der Waals surface area contributed by atoms with Gasteiger partial charge in [0.05, 0.1) is 18.8 Å². The van der Waals surface area contributed by atoms with Gasteiger partial charge in [-0.15, -0.1) is 0 Å². The number of methoxy groups -OCH3 is 1.